The molecule has 0 radical (unpaired) electrons. The highest BCUT2D eigenvalue weighted by Crippen LogP contribution is 2.32. The van der Waals surface area contributed by atoms with E-state index in [9.17, 15) is 0 Å². The van der Waals surface area contributed by atoms with Crippen molar-refractivity contribution in [3.63, 3.8) is 0 Å². The second-order valence-corrected chi connectivity index (χ2v) is 7.22. The lowest BCUT2D eigenvalue weighted by Crippen LogP contribution is -2.13. The fourth-order valence-electron chi connectivity index (χ4n) is 1.99. The van der Waals surface area contributed by atoms with Crippen molar-refractivity contribution >= 4 is 35.0 Å². The van der Waals surface area contributed by atoms with Crippen LogP contribution in [0.25, 0.3) is 0 Å². The highest BCUT2D eigenvalue weighted by Gasteiger charge is 2.09. The molecule has 2 rings (SSSR count). The van der Waals surface area contributed by atoms with E-state index in [2.05, 4.69) is 38.1 Å². The number of halogens is 2. The van der Waals surface area contributed by atoms with Crippen LogP contribution in [-0.4, -0.2) is 5.75 Å². The van der Waals surface area contributed by atoms with E-state index in [-0.39, 0.29) is 6.04 Å². The smallest absolute Gasteiger partial charge is 0.0542 e. The van der Waals surface area contributed by atoms with E-state index in [0.717, 1.165) is 16.2 Å². The average Bonchev–Trinajstić information content (AvgIpc) is 2.48. The summed E-state index contributed by atoms with van der Waals surface area (Å²) in [4.78, 5) is 0.971. The Hall–Kier alpha value is -0.670. The number of benzene rings is 2. The number of hydrogen-bond donors (Lipinski definition) is 1. The number of nitrogens with two attached hydrogens (primary N) is 1. The zero-order chi connectivity index (χ0) is 15.4. The molecule has 112 valence electrons. The van der Waals surface area contributed by atoms with E-state index in [1.54, 1.807) is 17.8 Å². The van der Waals surface area contributed by atoms with Gasteiger partial charge >= 0.3 is 0 Å². The summed E-state index contributed by atoms with van der Waals surface area (Å²) in [5, 5.41) is 1.41. The normalized spacial score (nSPS) is 12.7. The van der Waals surface area contributed by atoms with E-state index in [4.69, 9.17) is 28.9 Å². The standard InChI is InChI=1S/C17H19Cl2NS/c1-11(2)12-3-5-13(6-4-12)16(20)10-21-17-9-14(18)7-8-15(17)19/h3-9,11,16H,10,20H2,1-2H3. The summed E-state index contributed by atoms with van der Waals surface area (Å²) in [6, 6.07) is 14.0. The van der Waals surface area contributed by atoms with Crippen LogP contribution in [0, 0.1) is 0 Å². The van der Waals surface area contributed by atoms with Gasteiger partial charge in [-0.05, 0) is 35.2 Å². The second-order valence-electron chi connectivity index (χ2n) is 5.31. The van der Waals surface area contributed by atoms with Crippen molar-refractivity contribution in [2.75, 3.05) is 5.75 Å². The minimum absolute atomic E-state index is 0.0220. The molecule has 0 saturated heterocycles. The third-order valence-electron chi connectivity index (χ3n) is 3.34. The molecule has 21 heavy (non-hydrogen) atoms. The van der Waals surface area contributed by atoms with E-state index < -0.39 is 0 Å². The third-order valence-corrected chi connectivity index (χ3v) is 5.19. The SMILES string of the molecule is CC(C)c1ccc(C(N)CSc2cc(Cl)ccc2Cl)cc1. The van der Waals surface area contributed by atoms with Gasteiger partial charge in [0.25, 0.3) is 0 Å². The van der Waals surface area contributed by atoms with Crippen LogP contribution < -0.4 is 5.73 Å². The minimum Gasteiger partial charge on any atom is -0.323 e. The molecule has 0 amide bonds. The molecule has 0 aliphatic carbocycles. The van der Waals surface area contributed by atoms with Gasteiger partial charge in [-0.1, -0.05) is 61.3 Å². The van der Waals surface area contributed by atoms with Gasteiger partial charge in [-0.15, -0.1) is 11.8 Å². The third kappa shape index (κ3) is 4.65. The molecule has 1 atom stereocenters. The zero-order valence-corrected chi connectivity index (χ0v) is 14.5. The molecule has 0 aromatic heterocycles. The monoisotopic (exact) mass is 339 g/mol. The van der Waals surface area contributed by atoms with E-state index in [1.165, 1.54) is 5.56 Å². The van der Waals surface area contributed by atoms with Crippen molar-refractivity contribution in [2.45, 2.75) is 30.7 Å². The fraction of sp³-hybridized carbons (Fsp3) is 0.294. The van der Waals surface area contributed by atoms with Gasteiger partial charge in [0.05, 0.1) is 5.02 Å². The summed E-state index contributed by atoms with van der Waals surface area (Å²) < 4.78 is 0. The molecule has 2 aromatic carbocycles. The van der Waals surface area contributed by atoms with Crippen molar-refractivity contribution in [1.29, 1.82) is 0 Å². The quantitative estimate of drug-likeness (QED) is 0.685. The highest BCUT2D eigenvalue weighted by molar-refractivity contribution is 7.99. The largest absolute Gasteiger partial charge is 0.323 e. The summed E-state index contributed by atoms with van der Waals surface area (Å²) in [5.41, 5.74) is 8.73. The van der Waals surface area contributed by atoms with Gasteiger partial charge in [-0.3, -0.25) is 0 Å². The summed E-state index contributed by atoms with van der Waals surface area (Å²) >= 11 is 13.8. The van der Waals surface area contributed by atoms with Gasteiger partial charge in [0, 0.05) is 21.7 Å². The fourth-order valence-corrected chi connectivity index (χ4v) is 3.48. The van der Waals surface area contributed by atoms with Crippen LogP contribution in [0.15, 0.2) is 47.4 Å². The van der Waals surface area contributed by atoms with Crippen LogP contribution in [0.5, 0.6) is 0 Å². The Morgan fingerprint density at radius 3 is 2.24 bits per heavy atom. The molecule has 0 spiro atoms. The molecule has 0 aliphatic rings. The number of hydrogen-bond acceptors (Lipinski definition) is 2. The topological polar surface area (TPSA) is 26.0 Å². The van der Waals surface area contributed by atoms with Gasteiger partial charge in [-0.2, -0.15) is 0 Å². The lowest BCUT2D eigenvalue weighted by Gasteiger charge is -2.14. The van der Waals surface area contributed by atoms with Crippen LogP contribution in [0.4, 0.5) is 0 Å². The molecule has 0 bridgehead atoms. The first-order chi connectivity index (χ1) is 9.97. The first-order valence-electron chi connectivity index (χ1n) is 6.90. The van der Waals surface area contributed by atoms with Crippen molar-refractivity contribution in [3.8, 4) is 0 Å². The second kappa shape index (κ2) is 7.55. The first kappa shape index (κ1) is 16.7. The van der Waals surface area contributed by atoms with Crippen LogP contribution in [0.1, 0.15) is 36.9 Å². The molecule has 1 unspecified atom stereocenters. The highest BCUT2D eigenvalue weighted by atomic mass is 35.5. The van der Waals surface area contributed by atoms with Crippen LogP contribution >= 0.6 is 35.0 Å². The van der Waals surface area contributed by atoms with Gasteiger partial charge in [-0.25, -0.2) is 0 Å². The molecule has 0 saturated carbocycles. The van der Waals surface area contributed by atoms with Crippen molar-refractivity contribution < 1.29 is 0 Å². The predicted molar refractivity (Wildman–Crippen MR) is 94.6 cm³/mol. The molecule has 0 fully saturated rings. The number of rotatable bonds is 5. The molecular weight excluding hydrogens is 321 g/mol. The van der Waals surface area contributed by atoms with Gasteiger partial charge in [0.1, 0.15) is 0 Å². The van der Waals surface area contributed by atoms with E-state index >= 15 is 0 Å². The van der Waals surface area contributed by atoms with Crippen molar-refractivity contribution in [3.05, 3.63) is 63.6 Å². The Morgan fingerprint density at radius 2 is 1.62 bits per heavy atom. The molecule has 0 aliphatic heterocycles. The summed E-state index contributed by atoms with van der Waals surface area (Å²) in [7, 11) is 0. The van der Waals surface area contributed by atoms with Crippen molar-refractivity contribution in [2.24, 2.45) is 5.73 Å². The molecule has 1 nitrogen and oxygen atoms in total. The Bertz CT molecular complexity index is 596. The summed E-state index contributed by atoms with van der Waals surface area (Å²) in [6.07, 6.45) is 0. The van der Waals surface area contributed by atoms with E-state index in [0.29, 0.717) is 16.0 Å². The Labute approximate surface area is 140 Å². The van der Waals surface area contributed by atoms with Crippen LogP contribution in [-0.2, 0) is 0 Å². The van der Waals surface area contributed by atoms with Crippen LogP contribution in [0.2, 0.25) is 10.0 Å². The van der Waals surface area contributed by atoms with Crippen molar-refractivity contribution in [1.82, 2.24) is 0 Å². The lowest BCUT2D eigenvalue weighted by molar-refractivity contribution is 0.822. The summed E-state index contributed by atoms with van der Waals surface area (Å²) in [5.74, 6) is 1.30. The molecule has 4 heteroatoms. The maximum atomic E-state index is 6.26. The minimum atomic E-state index is -0.0220. The van der Waals surface area contributed by atoms with Gasteiger partial charge in [0.2, 0.25) is 0 Å². The maximum absolute atomic E-state index is 6.26. The lowest BCUT2D eigenvalue weighted by atomic mass is 10.00. The Balaban J connectivity index is 2.01. The zero-order valence-electron chi connectivity index (χ0n) is 12.1. The Morgan fingerprint density at radius 1 is 1.00 bits per heavy atom. The average molecular weight is 340 g/mol. The number of thioether (sulfide) groups is 1. The first-order valence-corrected chi connectivity index (χ1v) is 8.65. The molecule has 2 N–H and O–H groups in total. The summed E-state index contributed by atoms with van der Waals surface area (Å²) in [6.45, 7) is 4.37. The maximum Gasteiger partial charge on any atom is 0.0542 e. The molecule has 0 heterocycles. The van der Waals surface area contributed by atoms with Crippen LogP contribution in [0.3, 0.4) is 0 Å². The predicted octanol–water partition coefficient (Wildman–Crippen LogP) is 5.91. The molecule has 2 aromatic rings. The molecular formula is C17H19Cl2NS. The van der Waals surface area contributed by atoms with Gasteiger partial charge < -0.3 is 5.73 Å². The van der Waals surface area contributed by atoms with Gasteiger partial charge in [0.15, 0.2) is 0 Å². The van der Waals surface area contributed by atoms with E-state index in [1.807, 2.05) is 12.1 Å². The Kier molecular flexibility index (Phi) is 6.00.